The average Bonchev–Trinajstić information content (AvgIpc) is 2.29. The number of halogens is 1. The lowest BCUT2D eigenvalue weighted by molar-refractivity contribution is 0.631. The van der Waals surface area contributed by atoms with E-state index in [-0.39, 0.29) is 5.82 Å². The topological polar surface area (TPSA) is 49.8 Å². The molecule has 0 fully saturated rings. The highest BCUT2D eigenvalue weighted by Gasteiger charge is 2.05. The van der Waals surface area contributed by atoms with E-state index in [1.807, 2.05) is 6.07 Å². The third-order valence-electron chi connectivity index (χ3n) is 2.36. The molecule has 2 nitrogen and oxygen atoms in total. The van der Waals surface area contributed by atoms with Crippen LogP contribution in [0.15, 0.2) is 42.5 Å². The van der Waals surface area contributed by atoms with Crippen LogP contribution in [0.2, 0.25) is 0 Å². The first kappa shape index (κ1) is 10.2. The van der Waals surface area contributed by atoms with Gasteiger partial charge in [-0.15, -0.1) is 0 Å². The first-order chi connectivity index (χ1) is 7.72. The fourth-order valence-corrected chi connectivity index (χ4v) is 1.53. The zero-order chi connectivity index (χ0) is 11.5. The van der Waals surface area contributed by atoms with Crippen LogP contribution in [0.3, 0.4) is 0 Å². The second-order valence-corrected chi connectivity index (χ2v) is 3.39. The number of nitriles is 1. The van der Waals surface area contributed by atoms with Gasteiger partial charge in [-0.3, -0.25) is 0 Å². The van der Waals surface area contributed by atoms with E-state index in [1.165, 1.54) is 6.07 Å². The van der Waals surface area contributed by atoms with E-state index in [9.17, 15) is 4.39 Å². The zero-order valence-electron chi connectivity index (χ0n) is 8.44. The van der Waals surface area contributed by atoms with Crippen LogP contribution in [0.1, 0.15) is 5.56 Å². The Balaban J connectivity index is 2.55. The van der Waals surface area contributed by atoms with Gasteiger partial charge in [0.1, 0.15) is 11.9 Å². The molecule has 0 spiro atoms. The molecule has 0 radical (unpaired) electrons. The highest BCUT2D eigenvalue weighted by atomic mass is 19.1. The van der Waals surface area contributed by atoms with Gasteiger partial charge in [0, 0.05) is 5.56 Å². The molecule has 0 aliphatic carbocycles. The van der Waals surface area contributed by atoms with Crippen LogP contribution in [0.25, 0.3) is 11.1 Å². The highest BCUT2D eigenvalue weighted by molar-refractivity contribution is 5.71. The van der Waals surface area contributed by atoms with Gasteiger partial charge in [-0.2, -0.15) is 5.26 Å². The molecule has 0 saturated carbocycles. The lowest BCUT2D eigenvalue weighted by atomic mass is 10.0. The molecular formula is C13H9FN2. The van der Waals surface area contributed by atoms with E-state index < -0.39 is 0 Å². The summed E-state index contributed by atoms with van der Waals surface area (Å²) in [6.07, 6.45) is 0. The van der Waals surface area contributed by atoms with E-state index in [2.05, 4.69) is 0 Å². The van der Waals surface area contributed by atoms with Crippen molar-refractivity contribution < 1.29 is 4.39 Å². The van der Waals surface area contributed by atoms with Crippen molar-refractivity contribution in [1.29, 1.82) is 5.26 Å². The Morgan fingerprint density at radius 2 is 1.88 bits per heavy atom. The van der Waals surface area contributed by atoms with Gasteiger partial charge in [-0.25, -0.2) is 4.39 Å². The molecule has 2 aromatic carbocycles. The molecule has 3 heteroatoms. The summed E-state index contributed by atoms with van der Waals surface area (Å²) in [6.45, 7) is 0. The number of rotatable bonds is 1. The Morgan fingerprint density at radius 1 is 1.12 bits per heavy atom. The Hall–Kier alpha value is -2.34. The predicted octanol–water partition coefficient (Wildman–Crippen LogP) is 2.95. The number of nitrogens with zero attached hydrogens (tertiary/aromatic N) is 1. The fourth-order valence-electron chi connectivity index (χ4n) is 1.53. The maximum atomic E-state index is 13.5. The van der Waals surface area contributed by atoms with Crippen LogP contribution in [-0.4, -0.2) is 0 Å². The molecule has 0 bridgehead atoms. The van der Waals surface area contributed by atoms with Gasteiger partial charge in [0.15, 0.2) is 0 Å². The normalized spacial score (nSPS) is 9.75. The Kier molecular flexibility index (Phi) is 2.57. The van der Waals surface area contributed by atoms with Crippen molar-refractivity contribution in [2.45, 2.75) is 0 Å². The lowest BCUT2D eigenvalue weighted by Crippen LogP contribution is -1.91. The Labute approximate surface area is 92.8 Å². The minimum Gasteiger partial charge on any atom is -0.398 e. The van der Waals surface area contributed by atoms with Crippen LogP contribution in [0.5, 0.6) is 0 Å². The number of benzene rings is 2. The maximum absolute atomic E-state index is 13.5. The van der Waals surface area contributed by atoms with Crippen LogP contribution in [-0.2, 0) is 0 Å². The summed E-state index contributed by atoms with van der Waals surface area (Å²) < 4.78 is 13.5. The molecule has 0 aliphatic rings. The first-order valence-corrected chi connectivity index (χ1v) is 4.77. The van der Waals surface area contributed by atoms with Gasteiger partial charge in [-0.1, -0.05) is 24.3 Å². The molecule has 2 rings (SSSR count). The third-order valence-corrected chi connectivity index (χ3v) is 2.36. The van der Waals surface area contributed by atoms with E-state index in [4.69, 9.17) is 11.0 Å². The second kappa shape index (κ2) is 4.03. The maximum Gasteiger partial charge on any atom is 0.131 e. The molecule has 0 atom stereocenters. The molecular weight excluding hydrogens is 203 g/mol. The predicted molar refractivity (Wildman–Crippen MR) is 61.0 cm³/mol. The summed E-state index contributed by atoms with van der Waals surface area (Å²) in [7, 11) is 0. The van der Waals surface area contributed by atoms with Crippen LogP contribution in [0, 0.1) is 17.1 Å². The summed E-state index contributed by atoms with van der Waals surface area (Å²) in [5, 5.41) is 8.73. The molecule has 0 heterocycles. The summed E-state index contributed by atoms with van der Waals surface area (Å²) in [5.74, 6) is -0.299. The number of anilines is 1. The van der Waals surface area contributed by atoms with Gasteiger partial charge in [0.05, 0.1) is 11.3 Å². The van der Waals surface area contributed by atoms with Gasteiger partial charge in [0.25, 0.3) is 0 Å². The molecule has 78 valence electrons. The standard InChI is InChI=1S/C13H9FN2/c14-12-4-2-1-3-11(12)9-5-6-10(8-15)13(16)7-9/h1-7H,16H2. The van der Waals surface area contributed by atoms with Crippen LogP contribution >= 0.6 is 0 Å². The van der Waals surface area contributed by atoms with E-state index in [1.54, 1.807) is 36.4 Å². The minimum absolute atomic E-state index is 0.299. The highest BCUT2D eigenvalue weighted by Crippen LogP contribution is 2.25. The van der Waals surface area contributed by atoms with E-state index >= 15 is 0 Å². The van der Waals surface area contributed by atoms with Gasteiger partial charge in [-0.05, 0) is 23.8 Å². The monoisotopic (exact) mass is 212 g/mol. The van der Waals surface area contributed by atoms with Gasteiger partial charge >= 0.3 is 0 Å². The van der Waals surface area contributed by atoms with Crippen LogP contribution < -0.4 is 5.73 Å². The molecule has 2 aromatic rings. The average molecular weight is 212 g/mol. The molecule has 0 amide bonds. The van der Waals surface area contributed by atoms with Crippen molar-refractivity contribution in [3.63, 3.8) is 0 Å². The first-order valence-electron chi connectivity index (χ1n) is 4.77. The van der Waals surface area contributed by atoms with E-state index in [0.29, 0.717) is 22.4 Å². The summed E-state index contributed by atoms with van der Waals surface area (Å²) >= 11 is 0. The zero-order valence-corrected chi connectivity index (χ0v) is 8.44. The third kappa shape index (κ3) is 1.73. The number of hydrogen-bond acceptors (Lipinski definition) is 2. The summed E-state index contributed by atoms with van der Waals surface area (Å²) in [4.78, 5) is 0. The molecule has 0 unspecified atom stereocenters. The van der Waals surface area contributed by atoms with E-state index in [0.717, 1.165) is 0 Å². The van der Waals surface area contributed by atoms with Crippen molar-refractivity contribution in [3.05, 3.63) is 53.8 Å². The Bertz CT molecular complexity index is 570. The molecule has 2 N–H and O–H groups in total. The summed E-state index contributed by atoms with van der Waals surface area (Å²) in [6, 6.07) is 13.3. The van der Waals surface area contributed by atoms with Crippen molar-refractivity contribution in [1.82, 2.24) is 0 Å². The van der Waals surface area contributed by atoms with Crippen molar-refractivity contribution >= 4 is 5.69 Å². The lowest BCUT2D eigenvalue weighted by Gasteiger charge is -2.05. The van der Waals surface area contributed by atoms with Gasteiger partial charge in [0.2, 0.25) is 0 Å². The quantitative estimate of drug-likeness (QED) is 0.739. The smallest absolute Gasteiger partial charge is 0.131 e. The summed E-state index contributed by atoms with van der Waals surface area (Å²) in [5.41, 5.74) is 7.60. The number of nitrogens with two attached hydrogens (primary N) is 1. The van der Waals surface area contributed by atoms with Crippen molar-refractivity contribution in [3.8, 4) is 17.2 Å². The minimum atomic E-state index is -0.299. The Morgan fingerprint density at radius 3 is 2.50 bits per heavy atom. The fraction of sp³-hybridized carbons (Fsp3) is 0. The molecule has 16 heavy (non-hydrogen) atoms. The number of hydrogen-bond donors (Lipinski definition) is 1. The second-order valence-electron chi connectivity index (χ2n) is 3.39. The molecule has 0 aliphatic heterocycles. The van der Waals surface area contributed by atoms with Crippen molar-refractivity contribution in [2.75, 3.05) is 5.73 Å². The largest absolute Gasteiger partial charge is 0.398 e. The molecule has 0 saturated heterocycles. The van der Waals surface area contributed by atoms with Crippen LogP contribution in [0.4, 0.5) is 10.1 Å². The molecule has 0 aromatic heterocycles. The SMILES string of the molecule is N#Cc1ccc(-c2ccccc2F)cc1N. The van der Waals surface area contributed by atoms with Gasteiger partial charge < -0.3 is 5.73 Å². The number of nitrogen functional groups attached to an aromatic ring is 1. The van der Waals surface area contributed by atoms with Crippen molar-refractivity contribution in [2.24, 2.45) is 0 Å².